The van der Waals surface area contributed by atoms with Crippen LogP contribution in [-0.4, -0.2) is 48.0 Å². The van der Waals surface area contributed by atoms with Crippen molar-refractivity contribution < 1.29 is 14.6 Å². The smallest absolute Gasteiger partial charge is 0.177 e. The number of hydrogen-bond donors (Lipinski definition) is 1. The Balaban J connectivity index is 0.00000312. The summed E-state index contributed by atoms with van der Waals surface area (Å²) in [5, 5.41) is 10.3. The first-order valence-corrected chi connectivity index (χ1v) is 10.5. The second kappa shape index (κ2) is 9.60. The molecule has 0 bridgehead atoms. The molecule has 0 saturated carbocycles. The highest BCUT2D eigenvalue weighted by Crippen LogP contribution is 2.53. The van der Waals surface area contributed by atoms with Gasteiger partial charge in [0, 0.05) is 23.0 Å². The summed E-state index contributed by atoms with van der Waals surface area (Å²) in [4.78, 5) is 2.17. The highest BCUT2D eigenvalue weighted by atomic mass is 79.9. The SMILES string of the molecule is CCN(CC)CC(O)COc1c(Br)c(Br)c(Br)c2c1OC(C)(C)C2.Cl. The maximum atomic E-state index is 10.3. The van der Waals surface area contributed by atoms with Crippen LogP contribution in [0.4, 0.5) is 0 Å². The zero-order chi connectivity index (χ0) is 18.1. The van der Waals surface area contributed by atoms with Crippen LogP contribution in [0.1, 0.15) is 33.3 Å². The quantitative estimate of drug-likeness (QED) is 0.462. The van der Waals surface area contributed by atoms with E-state index >= 15 is 0 Å². The molecule has 144 valence electrons. The third kappa shape index (κ3) is 5.48. The van der Waals surface area contributed by atoms with Gasteiger partial charge < -0.3 is 19.5 Å². The summed E-state index contributed by atoms with van der Waals surface area (Å²) in [6, 6.07) is 0. The Morgan fingerprint density at radius 2 is 1.76 bits per heavy atom. The molecule has 0 amide bonds. The first-order chi connectivity index (χ1) is 11.2. The molecule has 4 nitrogen and oxygen atoms in total. The van der Waals surface area contributed by atoms with Crippen molar-refractivity contribution in [2.24, 2.45) is 0 Å². The van der Waals surface area contributed by atoms with Crippen LogP contribution in [-0.2, 0) is 6.42 Å². The molecular weight excluding hydrogens is 541 g/mol. The average molecular weight is 567 g/mol. The van der Waals surface area contributed by atoms with Gasteiger partial charge in [0.15, 0.2) is 11.5 Å². The number of hydrogen-bond acceptors (Lipinski definition) is 4. The van der Waals surface area contributed by atoms with Crippen LogP contribution in [0.2, 0.25) is 0 Å². The van der Waals surface area contributed by atoms with E-state index in [0.29, 0.717) is 12.3 Å². The van der Waals surface area contributed by atoms with Crippen LogP contribution < -0.4 is 9.47 Å². The number of fused-ring (bicyclic) bond motifs is 1. The molecule has 1 aromatic rings. The molecule has 1 N–H and O–H groups in total. The predicted molar refractivity (Wildman–Crippen MR) is 114 cm³/mol. The molecule has 0 radical (unpaired) electrons. The molecule has 1 aliphatic heterocycles. The average Bonchev–Trinajstić information content (AvgIpc) is 2.86. The Morgan fingerprint density at radius 1 is 1.16 bits per heavy atom. The molecule has 0 aromatic heterocycles. The fraction of sp³-hybridized carbons (Fsp3) is 0.647. The lowest BCUT2D eigenvalue weighted by Crippen LogP contribution is -2.35. The van der Waals surface area contributed by atoms with Crippen LogP contribution in [0.3, 0.4) is 0 Å². The first kappa shape index (κ1) is 23.5. The lowest BCUT2D eigenvalue weighted by Gasteiger charge is -2.23. The Hall–Kier alpha value is 0.470. The van der Waals surface area contributed by atoms with Crippen molar-refractivity contribution in [3.63, 3.8) is 0 Å². The monoisotopic (exact) mass is 563 g/mol. The maximum Gasteiger partial charge on any atom is 0.177 e. The third-order valence-corrected chi connectivity index (χ3v) is 7.58. The van der Waals surface area contributed by atoms with Gasteiger partial charge in [0.25, 0.3) is 0 Å². The van der Waals surface area contributed by atoms with Gasteiger partial charge in [-0.15, -0.1) is 12.4 Å². The van der Waals surface area contributed by atoms with E-state index < -0.39 is 6.10 Å². The van der Waals surface area contributed by atoms with E-state index in [2.05, 4.69) is 80.4 Å². The molecule has 1 aromatic carbocycles. The number of aliphatic hydroxyl groups is 1. The second-order valence-electron chi connectivity index (χ2n) is 6.57. The molecule has 2 rings (SSSR count). The molecule has 0 fully saturated rings. The Bertz CT molecular complexity index is 610. The molecule has 0 aliphatic carbocycles. The van der Waals surface area contributed by atoms with Crippen LogP contribution in [0.15, 0.2) is 13.4 Å². The number of ether oxygens (including phenoxy) is 2. The van der Waals surface area contributed by atoms with Gasteiger partial charge in [-0.25, -0.2) is 0 Å². The minimum Gasteiger partial charge on any atom is -0.486 e. The molecule has 25 heavy (non-hydrogen) atoms. The van der Waals surface area contributed by atoms with Crippen molar-refractivity contribution in [2.75, 3.05) is 26.2 Å². The minimum absolute atomic E-state index is 0. The first-order valence-electron chi connectivity index (χ1n) is 8.11. The minimum atomic E-state index is -0.552. The van der Waals surface area contributed by atoms with Crippen molar-refractivity contribution in [1.82, 2.24) is 4.90 Å². The highest BCUT2D eigenvalue weighted by Gasteiger charge is 2.37. The Labute approximate surface area is 181 Å². The van der Waals surface area contributed by atoms with Crippen molar-refractivity contribution in [3.8, 4) is 11.5 Å². The van der Waals surface area contributed by atoms with Crippen LogP contribution >= 0.6 is 60.2 Å². The maximum absolute atomic E-state index is 10.3. The molecule has 1 aliphatic rings. The summed E-state index contributed by atoms with van der Waals surface area (Å²) in [7, 11) is 0. The molecule has 1 heterocycles. The Kier molecular flexibility index (Phi) is 9.03. The number of benzene rings is 1. The van der Waals surface area contributed by atoms with E-state index in [-0.39, 0.29) is 24.6 Å². The summed E-state index contributed by atoms with van der Waals surface area (Å²) in [5.74, 6) is 1.39. The van der Waals surface area contributed by atoms with Crippen molar-refractivity contribution >= 4 is 60.2 Å². The van der Waals surface area contributed by atoms with Gasteiger partial charge in [-0.05, 0) is 74.7 Å². The van der Waals surface area contributed by atoms with E-state index in [4.69, 9.17) is 9.47 Å². The van der Waals surface area contributed by atoms with Crippen LogP contribution in [0.5, 0.6) is 11.5 Å². The largest absolute Gasteiger partial charge is 0.486 e. The van der Waals surface area contributed by atoms with Gasteiger partial charge in [0.2, 0.25) is 0 Å². The molecular formula is C17H25Br3ClNO3. The zero-order valence-corrected chi connectivity index (χ0v) is 20.4. The summed E-state index contributed by atoms with van der Waals surface area (Å²) in [5.41, 5.74) is 0.812. The van der Waals surface area contributed by atoms with E-state index in [1.54, 1.807) is 0 Å². The lowest BCUT2D eigenvalue weighted by atomic mass is 10.0. The van der Waals surface area contributed by atoms with Gasteiger partial charge in [-0.1, -0.05) is 13.8 Å². The van der Waals surface area contributed by atoms with Gasteiger partial charge in [-0.2, -0.15) is 0 Å². The summed E-state index contributed by atoms with van der Waals surface area (Å²) in [6.07, 6.45) is 0.247. The molecule has 0 spiro atoms. The lowest BCUT2D eigenvalue weighted by molar-refractivity contribution is 0.0676. The normalized spacial score (nSPS) is 16.2. The van der Waals surface area contributed by atoms with Gasteiger partial charge in [0.1, 0.15) is 18.3 Å². The van der Waals surface area contributed by atoms with Crippen LogP contribution in [0.25, 0.3) is 0 Å². The molecule has 1 unspecified atom stereocenters. The van der Waals surface area contributed by atoms with Crippen molar-refractivity contribution in [3.05, 3.63) is 19.0 Å². The number of halogens is 4. The fourth-order valence-electron chi connectivity index (χ4n) is 2.81. The molecule has 0 saturated heterocycles. The van der Waals surface area contributed by atoms with E-state index in [1.165, 1.54) is 0 Å². The summed E-state index contributed by atoms with van der Waals surface area (Å²) >= 11 is 10.8. The van der Waals surface area contributed by atoms with Crippen LogP contribution in [0, 0.1) is 0 Å². The van der Waals surface area contributed by atoms with Gasteiger partial charge >= 0.3 is 0 Å². The summed E-state index contributed by atoms with van der Waals surface area (Å²) in [6.45, 7) is 10.9. The van der Waals surface area contributed by atoms with Gasteiger partial charge in [0.05, 0.1) is 8.95 Å². The number of likely N-dealkylation sites (N-methyl/N-ethyl adjacent to an activating group) is 1. The number of nitrogens with zero attached hydrogens (tertiary/aromatic N) is 1. The summed E-state index contributed by atoms with van der Waals surface area (Å²) < 4.78 is 14.7. The van der Waals surface area contributed by atoms with E-state index in [0.717, 1.165) is 44.2 Å². The Morgan fingerprint density at radius 3 is 2.32 bits per heavy atom. The van der Waals surface area contributed by atoms with Gasteiger partial charge in [-0.3, -0.25) is 0 Å². The fourth-order valence-corrected chi connectivity index (χ4v) is 4.51. The third-order valence-electron chi connectivity index (χ3n) is 4.09. The second-order valence-corrected chi connectivity index (χ2v) is 8.95. The molecule has 1 atom stereocenters. The topological polar surface area (TPSA) is 41.9 Å². The van der Waals surface area contributed by atoms with Crippen molar-refractivity contribution in [2.45, 2.75) is 45.8 Å². The number of rotatable bonds is 7. The van der Waals surface area contributed by atoms with Crippen molar-refractivity contribution in [1.29, 1.82) is 0 Å². The van der Waals surface area contributed by atoms with E-state index in [1.807, 2.05) is 0 Å². The van der Waals surface area contributed by atoms with E-state index in [9.17, 15) is 5.11 Å². The number of aliphatic hydroxyl groups excluding tert-OH is 1. The standard InChI is InChI=1S/C17H24Br3NO3.ClH/c1-5-21(6-2)8-10(22)9-23-16-14(20)13(19)12(18)11-7-17(3,4)24-15(11)16;/h10,22H,5-9H2,1-4H3;1H. The highest BCUT2D eigenvalue weighted by molar-refractivity contribution is 9.14. The molecule has 8 heteroatoms. The zero-order valence-electron chi connectivity index (χ0n) is 14.9. The predicted octanol–water partition coefficient (Wildman–Crippen LogP) is 5.19.